The van der Waals surface area contributed by atoms with Gasteiger partial charge in [0.15, 0.2) is 0 Å². The highest BCUT2D eigenvalue weighted by molar-refractivity contribution is 5.48. The van der Waals surface area contributed by atoms with E-state index in [0.717, 1.165) is 13.1 Å². The molecule has 1 aliphatic heterocycles. The Labute approximate surface area is 147 Å². The SMILES string of the molecule is CCCCCCCCc1ccc(N2CC(N)(COC)CN2C)cc1. The number of rotatable bonds is 10. The van der Waals surface area contributed by atoms with E-state index in [4.69, 9.17) is 10.5 Å². The lowest BCUT2D eigenvalue weighted by atomic mass is 10.0. The van der Waals surface area contributed by atoms with E-state index >= 15 is 0 Å². The molecule has 1 fully saturated rings. The van der Waals surface area contributed by atoms with Gasteiger partial charge in [-0.15, -0.1) is 0 Å². The van der Waals surface area contributed by atoms with Crippen LogP contribution in [0, 0.1) is 0 Å². The standard InChI is InChI=1S/C20H35N3O/c1-4-5-6-7-8-9-10-18-11-13-19(14-12-18)23-16-20(21,17-24-3)15-22(23)2/h11-14H,4-10,15-17,21H2,1-3H3. The van der Waals surface area contributed by atoms with Gasteiger partial charge in [0.25, 0.3) is 0 Å². The number of nitrogens with zero attached hydrogens (tertiary/aromatic N) is 2. The highest BCUT2D eigenvalue weighted by Crippen LogP contribution is 2.25. The third kappa shape index (κ3) is 5.47. The van der Waals surface area contributed by atoms with Crippen LogP contribution in [0.4, 0.5) is 5.69 Å². The van der Waals surface area contributed by atoms with Gasteiger partial charge < -0.3 is 15.5 Å². The number of hydrogen-bond acceptors (Lipinski definition) is 4. The van der Waals surface area contributed by atoms with Crippen molar-refractivity contribution in [2.45, 2.75) is 57.4 Å². The van der Waals surface area contributed by atoms with Crippen molar-refractivity contribution in [1.82, 2.24) is 5.01 Å². The zero-order valence-electron chi connectivity index (χ0n) is 15.8. The van der Waals surface area contributed by atoms with Crippen LogP contribution in [0.2, 0.25) is 0 Å². The lowest BCUT2D eigenvalue weighted by molar-refractivity contribution is 0.141. The van der Waals surface area contributed by atoms with E-state index in [0.29, 0.717) is 6.61 Å². The number of hydrogen-bond donors (Lipinski definition) is 1. The number of aryl methyl sites for hydroxylation is 1. The van der Waals surface area contributed by atoms with Crippen LogP contribution in [0.1, 0.15) is 51.0 Å². The van der Waals surface area contributed by atoms with E-state index in [-0.39, 0.29) is 5.54 Å². The van der Waals surface area contributed by atoms with Crippen molar-refractivity contribution in [2.24, 2.45) is 5.73 Å². The van der Waals surface area contributed by atoms with Gasteiger partial charge in [0.1, 0.15) is 0 Å². The Hall–Kier alpha value is -1.10. The molecule has 24 heavy (non-hydrogen) atoms. The van der Waals surface area contributed by atoms with Crippen LogP contribution in [0.5, 0.6) is 0 Å². The average molecular weight is 334 g/mol. The molecular formula is C20H35N3O. The summed E-state index contributed by atoms with van der Waals surface area (Å²) in [5.74, 6) is 0. The molecule has 4 heteroatoms. The summed E-state index contributed by atoms with van der Waals surface area (Å²) >= 11 is 0. The van der Waals surface area contributed by atoms with Crippen molar-refractivity contribution >= 4 is 5.69 Å². The van der Waals surface area contributed by atoms with Gasteiger partial charge in [0.05, 0.1) is 24.4 Å². The first-order valence-corrected chi connectivity index (χ1v) is 9.43. The van der Waals surface area contributed by atoms with Crippen molar-refractivity contribution in [3.8, 4) is 0 Å². The summed E-state index contributed by atoms with van der Waals surface area (Å²) in [6, 6.07) is 8.98. The van der Waals surface area contributed by atoms with Gasteiger partial charge in [-0.1, -0.05) is 51.2 Å². The van der Waals surface area contributed by atoms with Crippen molar-refractivity contribution < 1.29 is 4.74 Å². The summed E-state index contributed by atoms with van der Waals surface area (Å²) in [6.45, 7) is 4.47. The van der Waals surface area contributed by atoms with Crippen LogP contribution in [-0.4, -0.2) is 44.4 Å². The largest absolute Gasteiger partial charge is 0.383 e. The second kappa shape index (κ2) is 9.40. The molecule has 1 aromatic carbocycles. The number of hydrazine groups is 1. The van der Waals surface area contributed by atoms with E-state index in [1.807, 2.05) is 0 Å². The van der Waals surface area contributed by atoms with Crippen LogP contribution < -0.4 is 10.7 Å². The summed E-state index contributed by atoms with van der Waals surface area (Å²) in [5, 5.41) is 4.45. The molecule has 1 atom stereocenters. The zero-order chi connectivity index (χ0) is 17.4. The van der Waals surface area contributed by atoms with Crippen LogP contribution in [0.3, 0.4) is 0 Å². The van der Waals surface area contributed by atoms with Crippen LogP contribution in [0.25, 0.3) is 0 Å². The Morgan fingerprint density at radius 1 is 1.04 bits per heavy atom. The molecule has 0 bridgehead atoms. The van der Waals surface area contributed by atoms with Crippen molar-refractivity contribution in [2.75, 3.05) is 38.9 Å². The molecule has 1 aliphatic rings. The molecule has 0 saturated carbocycles. The molecule has 0 amide bonds. The van der Waals surface area contributed by atoms with E-state index in [2.05, 4.69) is 48.3 Å². The first-order valence-electron chi connectivity index (χ1n) is 9.43. The van der Waals surface area contributed by atoms with Gasteiger partial charge in [0, 0.05) is 20.7 Å². The third-order valence-corrected chi connectivity index (χ3v) is 4.91. The summed E-state index contributed by atoms with van der Waals surface area (Å²) in [4.78, 5) is 0. The first-order chi connectivity index (χ1) is 11.6. The van der Waals surface area contributed by atoms with E-state index in [1.54, 1.807) is 7.11 Å². The van der Waals surface area contributed by atoms with Gasteiger partial charge in [-0.05, 0) is 30.5 Å². The molecule has 1 unspecified atom stereocenters. The Bertz CT molecular complexity index is 476. The summed E-state index contributed by atoms with van der Waals surface area (Å²) < 4.78 is 5.28. The summed E-state index contributed by atoms with van der Waals surface area (Å²) in [5.41, 5.74) is 8.79. The fraction of sp³-hybridized carbons (Fsp3) is 0.700. The maximum atomic E-state index is 6.42. The maximum absolute atomic E-state index is 6.42. The van der Waals surface area contributed by atoms with Crippen molar-refractivity contribution in [3.63, 3.8) is 0 Å². The van der Waals surface area contributed by atoms with Gasteiger partial charge >= 0.3 is 0 Å². The predicted octanol–water partition coefficient (Wildman–Crippen LogP) is 3.60. The average Bonchev–Trinajstić information content (AvgIpc) is 2.86. The Kier molecular flexibility index (Phi) is 7.53. The van der Waals surface area contributed by atoms with E-state index < -0.39 is 0 Å². The highest BCUT2D eigenvalue weighted by atomic mass is 16.5. The lowest BCUT2D eigenvalue weighted by Gasteiger charge is -2.26. The molecule has 0 aromatic heterocycles. The van der Waals surface area contributed by atoms with Gasteiger partial charge in [-0.25, -0.2) is 5.01 Å². The molecule has 0 aliphatic carbocycles. The van der Waals surface area contributed by atoms with E-state index in [1.165, 1.54) is 56.2 Å². The summed E-state index contributed by atoms with van der Waals surface area (Å²) in [7, 11) is 3.81. The summed E-state index contributed by atoms with van der Waals surface area (Å²) in [6.07, 6.45) is 9.30. The molecule has 2 N–H and O–H groups in total. The molecule has 1 saturated heterocycles. The molecule has 136 valence electrons. The van der Waals surface area contributed by atoms with Crippen LogP contribution >= 0.6 is 0 Å². The molecule has 0 radical (unpaired) electrons. The van der Waals surface area contributed by atoms with Gasteiger partial charge in [-0.2, -0.15) is 0 Å². The topological polar surface area (TPSA) is 41.7 Å². The van der Waals surface area contributed by atoms with Crippen LogP contribution in [-0.2, 0) is 11.2 Å². The monoisotopic (exact) mass is 333 g/mol. The maximum Gasteiger partial charge on any atom is 0.0732 e. The number of unbranched alkanes of at least 4 members (excludes halogenated alkanes) is 5. The lowest BCUT2D eigenvalue weighted by Crippen LogP contribution is -2.49. The van der Waals surface area contributed by atoms with Gasteiger partial charge in [-0.3, -0.25) is 0 Å². The molecule has 1 aromatic rings. The number of anilines is 1. The molecular weight excluding hydrogens is 298 g/mol. The molecule has 0 spiro atoms. The number of benzene rings is 1. The number of likely N-dealkylation sites (N-methyl/N-ethyl adjacent to an activating group) is 1. The second-order valence-corrected chi connectivity index (χ2v) is 7.35. The third-order valence-electron chi connectivity index (χ3n) is 4.91. The Morgan fingerprint density at radius 2 is 1.71 bits per heavy atom. The predicted molar refractivity (Wildman–Crippen MR) is 102 cm³/mol. The van der Waals surface area contributed by atoms with E-state index in [9.17, 15) is 0 Å². The first kappa shape index (κ1) is 19.2. The normalized spacial score (nSPS) is 21.6. The smallest absolute Gasteiger partial charge is 0.0732 e. The second-order valence-electron chi connectivity index (χ2n) is 7.35. The van der Waals surface area contributed by atoms with Crippen molar-refractivity contribution in [3.05, 3.63) is 29.8 Å². The fourth-order valence-electron chi connectivity index (χ4n) is 3.62. The fourth-order valence-corrected chi connectivity index (χ4v) is 3.62. The molecule has 4 nitrogen and oxygen atoms in total. The zero-order valence-corrected chi connectivity index (χ0v) is 15.8. The minimum Gasteiger partial charge on any atom is -0.383 e. The quantitative estimate of drug-likeness (QED) is 0.664. The minimum absolute atomic E-state index is 0.291. The Morgan fingerprint density at radius 3 is 2.38 bits per heavy atom. The van der Waals surface area contributed by atoms with Crippen LogP contribution in [0.15, 0.2) is 24.3 Å². The highest BCUT2D eigenvalue weighted by Gasteiger charge is 2.38. The number of methoxy groups -OCH3 is 1. The number of nitrogens with two attached hydrogens (primary N) is 1. The van der Waals surface area contributed by atoms with Crippen molar-refractivity contribution in [1.29, 1.82) is 0 Å². The molecule has 1 heterocycles. The number of ether oxygens (including phenoxy) is 1. The Balaban J connectivity index is 1.81. The van der Waals surface area contributed by atoms with Gasteiger partial charge in [0.2, 0.25) is 0 Å². The molecule has 2 rings (SSSR count). The minimum atomic E-state index is -0.291.